The van der Waals surface area contributed by atoms with Gasteiger partial charge in [-0.05, 0) is 48.5 Å². The summed E-state index contributed by atoms with van der Waals surface area (Å²) in [6, 6.07) is 13.4. The van der Waals surface area contributed by atoms with Gasteiger partial charge in [-0.3, -0.25) is 10.8 Å². The van der Waals surface area contributed by atoms with Gasteiger partial charge in [0.15, 0.2) is 5.90 Å². The maximum absolute atomic E-state index is 13.5. The van der Waals surface area contributed by atoms with Gasteiger partial charge in [-0.25, -0.2) is 4.39 Å². The molecule has 1 aliphatic heterocycles. The molecule has 0 fully saturated rings. The van der Waals surface area contributed by atoms with Crippen molar-refractivity contribution in [3.8, 4) is 0 Å². The van der Waals surface area contributed by atoms with Crippen molar-refractivity contribution < 1.29 is 9.13 Å². The number of anilines is 5. The monoisotopic (exact) mass is 447 g/mol. The number of benzene rings is 2. The second kappa shape index (κ2) is 8.50. The second-order valence-corrected chi connectivity index (χ2v) is 8.48. The molecule has 33 heavy (non-hydrogen) atoms. The number of hydrogen-bond donors (Lipinski definition) is 4. The number of halogens is 1. The minimum absolute atomic E-state index is 0.0398. The van der Waals surface area contributed by atoms with Crippen LogP contribution in [0.15, 0.2) is 48.5 Å². The summed E-state index contributed by atoms with van der Waals surface area (Å²) in [6.45, 7) is 6.44. The Morgan fingerprint density at radius 3 is 2.33 bits per heavy atom. The Labute approximate surface area is 191 Å². The Hall–Kier alpha value is -4.01. The van der Waals surface area contributed by atoms with Gasteiger partial charge < -0.3 is 20.3 Å². The van der Waals surface area contributed by atoms with E-state index in [1.165, 1.54) is 19.1 Å². The molecule has 0 unspecified atom stereocenters. The molecule has 2 aromatic carbocycles. The van der Waals surface area contributed by atoms with Crippen molar-refractivity contribution in [2.75, 3.05) is 29.1 Å². The van der Waals surface area contributed by atoms with E-state index in [0.29, 0.717) is 18.1 Å². The van der Waals surface area contributed by atoms with Crippen LogP contribution in [0.5, 0.6) is 0 Å². The highest BCUT2D eigenvalue weighted by atomic mass is 19.1. The minimum atomic E-state index is -0.281. The molecule has 8 nitrogen and oxygen atoms in total. The van der Waals surface area contributed by atoms with Crippen molar-refractivity contribution in [1.29, 1.82) is 10.8 Å². The SMILES string of the molecule is CNc1nc(Nc2ccc(C(=N)OC(C)=N)cc2)nc2c1C(C)(C)CN2c1ccc(F)cc1. The van der Waals surface area contributed by atoms with Crippen LogP contribution in [0.2, 0.25) is 0 Å². The molecule has 1 aliphatic rings. The van der Waals surface area contributed by atoms with Crippen LogP contribution in [0.25, 0.3) is 0 Å². The summed E-state index contributed by atoms with van der Waals surface area (Å²) in [6.07, 6.45) is 0. The predicted octanol–water partition coefficient (Wildman–Crippen LogP) is 5.17. The Kier molecular flexibility index (Phi) is 5.71. The van der Waals surface area contributed by atoms with Gasteiger partial charge in [-0.2, -0.15) is 9.97 Å². The van der Waals surface area contributed by atoms with Crippen LogP contribution in [-0.2, 0) is 10.2 Å². The van der Waals surface area contributed by atoms with Crippen LogP contribution in [0.4, 0.5) is 33.3 Å². The lowest BCUT2D eigenvalue weighted by molar-refractivity contribution is 0.532. The molecule has 0 spiro atoms. The first kappa shape index (κ1) is 22.2. The quantitative estimate of drug-likeness (QED) is 0.317. The van der Waals surface area contributed by atoms with Crippen molar-refractivity contribution in [2.24, 2.45) is 0 Å². The second-order valence-electron chi connectivity index (χ2n) is 8.48. The molecule has 0 bridgehead atoms. The average Bonchev–Trinajstić information content (AvgIpc) is 3.04. The highest BCUT2D eigenvalue weighted by molar-refractivity contribution is 5.98. The van der Waals surface area contributed by atoms with Gasteiger partial charge in [0.1, 0.15) is 17.5 Å². The van der Waals surface area contributed by atoms with Gasteiger partial charge in [0.25, 0.3) is 0 Å². The van der Waals surface area contributed by atoms with E-state index in [4.69, 9.17) is 20.5 Å². The van der Waals surface area contributed by atoms with E-state index in [1.54, 1.807) is 36.4 Å². The van der Waals surface area contributed by atoms with Crippen LogP contribution >= 0.6 is 0 Å². The number of nitrogens with one attached hydrogen (secondary N) is 4. The number of rotatable bonds is 5. The first-order chi connectivity index (χ1) is 15.7. The normalized spacial score (nSPS) is 13.9. The number of aromatic nitrogens is 2. The Morgan fingerprint density at radius 1 is 1.06 bits per heavy atom. The maximum Gasteiger partial charge on any atom is 0.231 e. The third-order valence-electron chi connectivity index (χ3n) is 5.41. The third-order valence-corrected chi connectivity index (χ3v) is 5.41. The van der Waals surface area contributed by atoms with Crippen molar-refractivity contribution in [3.63, 3.8) is 0 Å². The van der Waals surface area contributed by atoms with E-state index < -0.39 is 0 Å². The highest BCUT2D eigenvalue weighted by Gasteiger charge is 2.40. The van der Waals surface area contributed by atoms with E-state index in [2.05, 4.69) is 34.4 Å². The summed E-state index contributed by atoms with van der Waals surface area (Å²) in [4.78, 5) is 11.6. The van der Waals surface area contributed by atoms with Crippen LogP contribution in [0, 0.1) is 16.6 Å². The van der Waals surface area contributed by atoms with Gasteiger partial charge in [-0.15, -0.1) is 0 Å². The molecule has 1 aromatic heterocycles. The lowest BCUT2D eigenvalue weighted by Gasteiger charge is -2.21. The number of ether oxygens (including phenoxy) is 1. The van der Waals surface area contributed by atoms with Crippen molar-refractivity contribution in [3.05, 3.63) is 65.5 Å². The van der Waals surface area contributed by atoms with Gasteiger partial charge >= 0.3 is 0 Å². The highest BCUT2D eigenvalue weighted by Crippen LogP contribution is 2.46. The molecule has 4 rings (SSSR count). The molecule has 170 valence electrons. The molecule has 0 saturated heterocycles. The predicted molar refractivity (Wildman–Crippen MR) is 129 cm³/mol. The standard InChI is InChI=1S/C24H26FN7O/c1-14(26)33-20(27)15-5-9-17(10-6-15)29-23-30-21(28-4)19-22(31-23)32(13-24(19,2)3)18-11-7-16(25)8-12-18/h5-12,26-27H,13H2,1-4H3,(H2,28,29,30,31). The van der Waals surface area contributed by atoms with E-state index in [9.17, 15) is 4.39 Å². The van der Waals surface area contributed by atoms with E-state index in [-0.39, 0.29) is 23.0 Å². The average molecular weight is 448 g/mol. The summed E-state index contributed by atoms with van der Waals surface area (Å²) in [7, 11) is 1.83. The van der Waals surface area contributed by atoms with E-state index in [1.807, 2.05) is 7.05 Å². The molecule has 0 atom stereocenters. The number of hydrogen-bond acceptors (Lipinski definition) is 8. The molecular formula is C24H26FN7O. The number of fused-ring (bicyclic) bond motifs is 1. The molecule has 0 saturated carbocycles. The van der Waals surface area contributed by atoms with Crippen molar-refractivity contribution in [1.82, 2.24) is 9.97 Å². The van der Waals surface area contributed by atoms with Crippen LogP contribution in [0.1, 0.15) is 31.9 Å². The third kappa shape index (κ3) is 4.48. The fourth-order valence-corrected chi connectivity index (χ4v) is 3.93. The largest absolute Gasteiger partial charge is 0.426 e. The van der Waals surface area contributed by atoms with Gasteiger partial charge in [0.2, 0.25) is 11.8 Å². The minimum Gasteiger partial charge on any atom is -0.426 e. The summed E-state index contributed by atoms with van der Waals surface area (Å²) in [5.74, 6) is 1.50. The molecule has 0 radical (unpaired) electrons. The Balaban J connectivity index is 1.67. The summed E-state index contributed by atoms with van der Waals surface area (Å²) in [5, 5.41) is 21.7. The zero-order valence-electron chi connectivity index (χ0n) is 19.0. The van der Waals surface area contributed by atoms with Crippen molar-refractivity contribution in [2.45, 2.75) is 26.2 Å². The zero-order valence-corrected chi connectivity index (χ0v) is 19.0. The summed E-state index contributed by atoms with van der Waals surface area (Å²) in [5.41, 5.74) is 2.95. The fourth-order valence-electron chi connectivity index (χ4n) is 3.93. The smallest absolute Gasteiger partial charge is 0.231 e. The molecule has 0 aliphatic carbocycles. The van der Waals surface area contributed by atoms with E-state index in [0.717, 1.165) is 28.6 Å². The molecular weight excluding hydrogens is 421 g/mol. The van der Waals surface area contributed by atoms with Crippen LogP contribution in [0.3, 0.4) is 0 Å². The van der Waals surface area contributed by atoms with Crippen molar-refractivity contribution >= 4 is 40.8 Å². The van der Waals surface area contributed by atoms with Gasteiger partial charge in [0.05, 0.1) is 0 Å². The van der Waals surface area contributed by atoms with Gasteiger partial charge in [-0.1, -0.05) is 13.8 Å². The summed E-state index contributed by atoms with van der Waals surface area (Å²) < 4.78 is 18.5. The summed E-state index contributed by atoms with van der Waals surface area (Å²) >= 11 is 0. The first-order valence-corrected chi connectivity index (χ1v) is 10.5. The molecule has 9 heteroatoms. The lowest BCUT2D eigenvalue weighted by atomic mass is 9.88. The Bertz CT molecular complexity index is 1210. The number of nitrogens with zero attached hydrogens (tertiary/aromatic N) is 3. The van der Waals surface area contributed by atoms with E-state index >= 15 is 0 Å². The van der Waals surface area contributed by atoms with Gasteiger partial charge in [0, 0.05) is 48.4 Å². The van der Waals surface area contributed by atoms with Crippen LogP contribution in [-0.4, -0.2) is 35.4 Å². The molecule has 2 heterocycles. The lowest BCUT2D eigenvalue weighted by Crippen LogP contribution is -2.25. The first-order valence-electron chi connectivity index (χ1n) is 10.5. The fraction of sp³-hybridized carbons (Fsp3) is 0.250. The zero-order chi connectivity index (χ0) is 23.8. The topological polar surface area (TPSA) is 110 Å². The molecule has 4 N–H and O–H groups in total. The maximum atomic E-state index is 13.5. The van der Waals surface area contributed by atoms with Crippen LogP contribution < -0.4 is 15.5 Å². The molecule has 3 aromatic rings. The molecule has 0 amide bonds. The Morgan fingerprint density at radius 2 is 1.73 bits per heavy atom.